The molecule has 2 aromatic carbocycles. The topological polar surface area (TPSA) is 78.8 Å². The smallest absolute Gasteiger partial charge is 0.407 e. The summed E-state index contributed by atoms with van der Waals surface area (Å²) in [4.78, 5) is 11.9. The van der Waals surface area contributed by atoms with Gasteiger partial charge in [-0.3, -0.25) is 0 Å². The maximum absolute atomic E-state index is 11.9. The van der Waals surface area contributed by atoms with E-state index in [9.17, 15) is 9.90 Å². The van der Waals surface area contributed by atoms with Crippen molar-refractivity contribution in [3.8, 4) is 11.1 Å². The van der Waals surface area contributed by atoms with E-state index in [4.69, 9.17) is 9.84 Å². The van der Waals surface area contributed by atoms with E-state index in [2.05, 4.69) is 17.4 Å². The fraction of sp³-hybridized carbons (Fsp3) is 0.316. The molecule has 3 N–H and O–H groups in total. The first-order valence-electron chi connectivity index (χ1n) is 8.02. The number of fused-ring (bicyclic) bond motifs is 3. The molecule has 0 spiro atoms. The van der Waals surface area contributed by atoms with Crippen LogP contribution in [0.25, 0.3) is 11.1 Å². The van der Waals surface area contributed by atoms with Gasteiger partial charge >= 0.3 is 6.09 Å². The van der Waals surface area contributed by atoms with Gasteiger partial charge in [0.15, 0.2) is 0 Å². The lowest BCUT2D eigenvalue weighted by Crippen LogP contribution is -2.45. The molecule has 0 heterocycles. The first-order chi connectivity index (χ1) is 11.6. The van der Waals surface area contributed by atoms with Crippen molar-refractivity contribution in [1.82, 2.24) is 5.32 Å². The predicted octanol–water partition coefficient (Wildman–Crippen LogP) is 2.27. The normalized spacial score (nSPS) is 15.3. The zero-order valence-electron chi connectivity index (χ0n) is 13.5. The molecule has 0 fully saturated rings. The van der Waals surface area contributed by atoms with Crippen LogP contribution in [0.1, 0.15) is 24.0 Å². The largest absolute Gasteiger partial charge is 0.449 e. The van der Waals surface area contributed by atoms with Gasteiger partial charge in [-0.15, -0.1) is 0 Å². The lowest BCUT2D eigenvalue weighted by atomic mass is 9.98. The molecule has 5 nitrogen and oxygen atoms in total. The molecular formula is C19H21NO4. The van der Waals surface area contributed by atoms with Crippen molar-refractivity contribution >= 4 is 6.09 Å². The van der Waals surface area contributed by atoms with E-state index in [0.29, 0.717) is 0 Å². The Morgan fingerprint density at radius 1 is 1.12 bits per heavy atom. The van der Waals surface area contributed by atoms with Crippen LogP contribution in [0, 0.1) is 0 Å². The number of aliphatic hydroxyl groups is 2. The maximum Gasteiger partial charge on any atom is 0.407 e. The molecule has 0 aromatic heterocycles. The molecule has 0 saturated heterocycles. The summed E-state index contributed by atoms with van der Waals surface area (Å²) in [5.41, 5.74) is 4.61. The standard InChI is InChI=1S/C19H21NO4/c1-12(22)18(10-21)20-19(23)24-11-17-15-8-4-2-6-13(15)14-7-3-5-9-16(14)17/h2-9,12,17-18,21-22H,10-11H2,1H3,(H,20,23)/t12-,18+/m1/s1. The minimum atomic E-state index is -0.851. The Balaban J connectivity index is 1.73. The highest BCUT2D eigenvalue weighted by Gasteiger charge is 2.29. The number of carbonyl (C=O) groups excluding carboxylic acids is 1. The van der Waals surface area contributed by atoms with Crippen molar-refractivity contribution in [1.29, 1.82) is 0 Å². The van der Waals surface area contributed by atoms with Crippen LogP contribution in [0.15, 0.2) is 48.5 Å². The van der Waals surface area contributed by atoms with Crippen LogP contribution in [0.3, 0.4) is 0 Å². The van der Waals surface area contributed by atoms with Crippen LogP contribution < -0.4 is 5.32 Å². The zero-order chi connectivity index (χ0) is 17.1. The number of hydrogen-bond acceptors (Lipinski definition) is 4. The highest BCUT2D eigenvalue weighted by Crippen LogP contribution is 2.44. The molecule has 2 atom stereocenters. The van der Waals surface area contributed by atoms with Crippen LogP contribution in [0.4, 0.5) is 4.79 Å². The molecule has 1 aliphatic rings. The number of aliphatic hydroxyl groups excluding tert-OH is 2. The molecule has 0 saturated carbocycles. The van der Waals surface area contributed by atoms with Gasteiger partial charge in [0.05, 0.1) is 18.8 Å². The SMILES string of the molecule is C[C@@H](O)[C@H](CO)NC(=O)OCC1c2ccccc2-c2ccccc21. The summed E-state index contributed by atoms with van der Waals surface area (Å²) in [5, 5.41) is 21.1. The second-order valence-electron chi connectivity index (χ2n) is 6.00. The van der Waals surface area contributed by atoms with E-state index < -0.39 is 18.2 Å². The molecule has 1 amide bonds. The fourth-order valence-corrected chi connectivity index (χ4v) is 3.11. The van der Waals surface area contributed by atoms with E-state index in [1.54, 1.807) is 0 Å². The Morgan fingerprint density at radius 3 is 2.17 bits per heavy atom. The van der Waals surface area contributed by atoms with E-state index in [0.717, 1.165) is 11.1 Å². The first kappa shape index (κ1) is 16.5. The number of benzene rings is 2. The van der Waals surface area contributed by atoms with Gasteiger partial charge in [0.2, 0.25) is 0 Å². The van der Waals surface area contributed by atoms with Gasteiger partial charge in [-0.25, -0.2) is 4.79 Å². The average molecular weight is 327 g/mol. The quantitative estimate of drug-likeness (QED) is 0.787. The third-order valence-electron chi connectivity index (χ3n) is 4.43. The molecule has 24 heavy (non-hydrogen) atoms. The van der Waals surface area contributed by atoms with Crippen molar-refractivity contribution in [2.45, 2.75) is 25.0 Å². The Labute approximate surface area is 140 Å². The van der Waals surface area contributed by atoms with E-state index in [-0.39, 0.29) is 19.1 Å². The lowest BCUT2D eigenvalue weighted by Gasteiger charge is -2.20. The number of hydrogen-bond donors (Lipinski definition) is 3. The Morgan fingerprint density at radius 2 is 1.67 bits per heavy atom. The molecule has 0 aliphatic heterocycles. The third-order valence-corrected chi connectivity index (χ3v) is 4.43. The maximum atomic E-state index is 11.9. The number of nitrogens with one attached hydrogen (secondary N) is 1. The Bertz CT molecular complexity index is 683. The van der Waals surface area contributed by atoms with Gasteiger partial charge in [-0.1, -0.05) is 48.5 Å². The summed E-state index contributed by atoms with van der Waals surface area (Å²) in [5.74, 6) is -0.0118. The van der Waals surface area contributed by atoms with E-state index in [1.807, 2.05) is 36.4 Å². The Hall–Kier alpha value is -2.37. The second kappa shape index (κ2) is 7.03. The van der Waals surface area contributed by atoms with Crippen molar-refractivity contribution < 1.29 is 19.7 Å². The number of alkyl carbamates (subject to hydrolysis) is 1. The van der Waals surface area contributed by atoms with Crippen LogP contribution in [0.5, 0.6) is 0 Å². The van der Waals surface area contributed by atoms with Crippen molar-refractivity contribution in [3.63, 3.8) is 0 Å². The van der Waals surface area contributed by atoms with Gasteiger partial charge in [0, 0.05) is 5.92 Å². The third kappa shape index (κ3) is 3.13. The van der Waals surface area contributed by atoms with E-state index >= 15 is 0 Å². The van der Waals surface area contributed by atoms with Gasteiger partial charge in [0.25, 0.3) is 0 Å². The van der Waals surface area contributed by atoms with Crippen molar-refractivity contribution in [3.05, 3.63) is 59.7 Å². The Kier molecular flexibility index (Phi) is 4.83. The lowest BCUT2D eigenvalue weighted by molar-refractivity contribution is 0.0872. The van der Waals surface area contributed by atoms with Gasteiger partial charge in [0.1, 0.15) is 6.61 Å². The molecule has 1 aliphatic carbocycles. The summed E-state index contributed by atoms with van der Waals surface area (Å²) in [7, 11) is 0. The number of rotatable bonds is 5. The predicted molar refractivity (Wildman–Crippen MR) is 90.8 cm³/mol. The molecule has 3 rings (SSSR count). The molecule has 0 radical (unpaired) electrons. The highest BCUT2D eigenvalue weighted by atomic mass is 16.5. The number of amides is 1. The molecule has 126 valence electrons. The first-order valence-corrected chi connectivity index (χ1v) is 8.02. The minimum Gasteiger partial charge on any atom is -0.449 e. The minimum absolute atomic E-state index is 0.0118. The summed E-state index contributed by atoms with van der Waals surface area (Å²) in [6.07, 6.45) is -1.49. The van der Waals surface area contributed by atoms with Crippen LogP contribution in [0.2, 0.25) is 0 Å². The van der Waals surface area contributed by atoms with Gasteiger partial charge in [-0.05, 0) is 29.2 Å². The van der Waals surface area contributed by atoms with Gasteiger partial charge in [-0.2, -0.15) is 0 Å². The van der Waals surface area contributed by atoms with E-state index in [1.165, 1.54) is 18.1 Å². The summed E-state index contributed by atoms with van der Waals surface area (Å²) >= 11 is 0. The molecular weight excluding hydrogens is 306 g/mol. The monoisotopic (exact) mass is 327 g/mol. The van der Waals surface area contributed by atoms with Crippen LogP contribution >= 0.6 is 0 Å². The summed E-state index contributed by atoms with van der Waals surface area (Å²) < 4.78 is 5.35. The van der Waals surface area contributed by atoms with Crippen LogP contribution in [-0.4, -0.2) is 41.7 Å². The average Bonchev–Trinajstić information content (AvgIpc) is 2.91. The summed E-state index contributed by atoms with van der Waals surface area (Å²) in [6.45, 7) is 1.37. The molecule has 5 heteroatoms. The second-order valence-corrected chi connectivity index (χ2v) is 6.00. The van der Waals surface area contributed by atoms with Crippen LogP contribution in [-0.2, 0) is 4.74 Å². The molecule has 0 unspecified atom stereocenters. The zero-order valence-corrected chi connectivity index (χ0v) is 13.5. The van der Waals surface area contributed by atoms with Gasteiger partial charge < -0.3 is 20.3 Å². The number of ether oxygens (including phenoxy) is 1. The summed E-state index contributed by atoms with van der Waals surface area (Å²) in [6, 6.07) is 15.5. The fourth-order valence-electron chi connectivity index (χ4n) is 3.11. The van der Waals surface area contributed by atoms with Crippen molar-refractivity contribution in [2.75, 3.05) is 13.2 Å². The molecule has 2 aromatic rings. The highest BCUT2D eigenvalue weighted by molar-refractivity contribution is 5.79. The molecule has 0 bridgehead atoms. The van der Waals surface area contributed by atoms with Crippen molar-refractivity contribution in [2.24, 2.45) is 0 Å². The number of carbonyl (C=O) groups is 1.